The zero-order valence-electron chi connectivity index (χ0n) is 21.3. The zero-order valence-corrected chi connectivity index (χ0v) is 21.3. The molecule has 0 bridgehead atoms. The maximum Gasteiger partial charge on any atom is 0.311 e. The Balaban J connectivity index is 1.89. The smallest absolute Gasteiger partial charge is 0.311 e. The van der Waals surface area contributed by atoms with Gasteiger partial charge in [-0.15, -0.1) is 0 Å². The standard InChI is InChI=1S/C27H40N2O6/c1-4-7-13-28(14-8-5-2)25(31)18-29-17-21(20-11-12-23-24(16-20)35-19-34-23)26(27(32)33-6-3)22(29)10-9-15-30/h9-12,16,21-22,26,30H,4-8,13-15,17-19H2,1-3H3/b10-9+. The molecule has 1 fully saturated rings. The van der Waals surface area contributed by atoms with Crippen molar-refractivity contribution in [3.8, 4) is 11.5 Å². The second kappa shape index (κ2) is 13.5. The van der Waals surface area contributed by atoms with Crippen molar-refractivity contribution in [2.75, 3.05) is 46.2 Å². The summed E-state index contributed by atoms with van der Waals surface area (Å²) < 4.78 is 16.5. The molecule has 0 aliphatic carbocycles. The van der Waals surface area contributed by atoms with E-state index in [9.17, 15) is 14.7 Å². The van der Waals surface area contributed by atoms with Crippen LogP contribution in [0.15, 0.2) is 30.4 Å². The number of amides is 1. The van der Waals surface area contributed by atoms with Crippen LogP contribution in [0.4, 0.5) is 0 Å². The molecular formula is C27H40N2O6. The van der Waals surface area contributed by atoms with E-state index in [2.05, 4.69) is 18.7 Å². The molecule has 0 aromatic heterocycles. The number of unbranched alkanes of at least 4 members (excludes halogenated alkanes) is 2. The summed E-state index contributed by atoms with van der Waals surface area (Å²) >= 11 is 0. The Morgan fingerprint density at radius 1 is 1.14 bits per heavy atom. The van der Waals surface area contributed by atoms with Crippen LogP contribution in [0.5, 0.6) is 11.5 Å². The number of hydrogen-bond acceptors (Lipinski definition) is 7. The molecule has 1 aromatic carbocycles. The van der Waals surface area contributed by atoms with E-state index < -0.39 is 5.92 Å². The van der Waals surface area contributed by atoms with Crippen molar-refractivity contribution in [1.82, 2.24) is 9.80 Å². The molecular weight excluding hydrogens is 448 g/mol. The predicted molar refractivity (Wildman–Crippen MR) is 133 cm³/mol. The number of fused-ring (bicyclic) bond motifs is 1. The van der Waals surface area contributed by atoms with E-state index in [1.54, 1.807) is 13.0 Å². The van der Waals surface area contributed by atoms with Gasteiger partial charge >= 0.3 is 5.97 Å². The summed E-state index contributed by atoms with van der Waals surface area (Å²) in [5.74, 6) is 0.419. The van der Waals surface area contributed by atoms with Crippen LogP contribution in [-0.2, 0) is 14.3 Å². The van der Waals surface area contributed by atoms with Gasteiger partial charge in [-0.3, -0.25) is 14.5 Å². The molecule has 0 saturated carbocycles. The van der Waals surface area contributed by atoms with Gasteiger partial charge in [0.05, 0.1) is 25.7 Å². The van der Waals surface area contributed by atoms with Gasteiger partial charge < -0.3 is 24.2 Å². The molecule has 194 valence electrons. The van der Waals surface area contributed by atoms with Crippen molar-refractivity contribution < 1.29 is 28.9 Å². The molecule has 3 atom stereocenters. The third-order valence-corrected chi connectivity index (χ3v) is 6.73. The lowest BCUT2D eigenvalue weighted by atomic mass is 9.85. The first-order valence-corrected chi connectivity index (χ1v) is 12.9. The summed E-state index contributed by atoms with van der Waals surface area (Å²) in [6.07, 6.45) is 7.47. The third-order valence-electron chi connectivity index (χ3n) is 6.73. The average molecular weight is 489 g/mol. The summed E-state index contributed by atoms with van der Waals surface area (Å²) in [5.41, 5.74) is 0.943. The topological polar surface area (TPSA) is 88.5 Å². The number of aliphatic hydroxyl groups is 1. The molecule has 1 N–H and O–H groups in total. The number of likely N-dealkylation sites (tertiary alicyclic amines) is 1. The first kappa shape index (κ1) is 27.0. The van der Waals surface area contributed by atoms with E-state index in [4.69, 9.17) is 14.2 Å². The zero-order chi connectivity index (χ0) is 25.2. The fraction of sp³-hybridized carbons (Fsp3) is 0.630. The highest BCUT2D eigenvalue weighted by Gasteiger charge is 2.47. The third kappa shape index (κ3) is 6.76. The average Bonchev–Trinajstić information content (AvgIpc) is 3.47. The van der Waals surface area contributed by atoms with Crippen molar-refractivity contribution >= 4 is 11.9 Å². The maximum atomic E-state index is 13.4. The highest BCUT2D eigenvalue weighted by atomic mass is 16.7. The molecule has 1 amide bonds. The summed E-state index contributed by atoms with van der Waals surface area (Å²) in [5, 5.41) is 9.47. The second-order valence-electron chi connectivity index (χ2n) is 9.12. The minimum Gasteiger partial charge on any atom is -0.466 e. The van der Waals surface area contributed by atoms with Crippen LogP contribution in [-0.4, -0.2) is 79.0 Å². The number of rotatable bonds is 13. The molecule has 2 aliphatic heterocycles. The lowest BCUT2D eigenvalue weighted by Crippen LogP contribution is -2.44. The number of aliphatic hydroxyl groups excluding tert-OH is 1. The van der Waals surface area contributed by atoms with Crippen LogP contribution in [0.3, 0.4) is 0 Å². The number of carbonyl (C=O) groups is 2. The Hall–Kier alpha value is -2.58. The SMILES string of the molecule is CCCCN(CCCC)C(=O)CN1CC(c2ccc3c(c2)OCO3)C(C(=O)OCC)C1/C=C/CO. The van der Waals surface area contributed by atoms with E-state index >= 15 is 0 Å². The van der Waals surface area contributed by atoms with Crippen molar-refractivity contribution in [2.45, 2.75) is 58.4 Å². The van der Waals surface area contributed by atoms with Gasteiger partial charge in [-0.1, -0.05) is 44.9 Å². The van der Waals surface area contributed by atoms with E-state index in [0.29, 0.717) is 18.0 Å². The van der Waals surface area contributed by atoms with Gasteiger partial charge in [0.1, 0.15) is 0 Å². The first-order chi connectivity index (χ1) is 17.0. The van der Waals surface area contributed by atoms with E-state index in [1.807, 2.05) is 29.2 Å². The molecule has 1 aromatic rings. The van der Waals surface area contributed by atoms with Gasteiger partial charge in [0, 0.05) is 31.6 Å². The fourth-order valence-corrected chi connectivity index (χ4v) is 4.90. The first-order valence-electron chi connectivity index (χ1n) is 12.9. The second-order valence-corrected chi connectivity index (χ2v) is 9.12. The number of nitrogens with zero attached hydrogens (tertiary/aromatic N) is 2. The van der Waals surface area contributed by atoms with Crippen LogP contribution in [0.25, 0.3) is 0 Å². The molecule has 0 radical (unpaired) electrons. The fourth-order valence-electron chi connectivity index (χ4n) is 4.90. The monoisotopic (exact) mass is 488 g/mol. The Kier molecular flexibility index (Phi) is 10.4. The van der Waals surface area contributed by atoms with E-state index in [-0.39, 0.29) is 50.4 Å². The lowest BCUT2D eigenvalue weighted by molar-refractivity contribution is -0.149. The van der Waals surface area contributed by atoms with Crippen molar-refractivity contribution in [3.63, 3.8) is 0 Å². The van der Waals surface area contributed by atoms with Gasteiger partial charge in [0.25, 0.3) is 0 Å². The number of hydrogen-bond donors (Lipinski definition) is 1. The normalized spacial score (nSPS) is 21.5. The maximum absolute atomic E-state index is 13.4. The van der Waals surface area contributed by atoms with Crippen LogP contribution < -0.4 is 9.47 Å². The molecule has 0 spiro atoms. The summed E-state index contributed by atoms with van der Waals surface area (Å²) in [6.45, 7) is 8.58. The van der Waals surface area contributed by atoms with Gasteiger partial charge in [-0.05, 0) is 37.5 Å². The van der Waals surface area contributed by atoms with Crippen molar-refractivity contribution in [3.05, 3.63) is 35.9 Å². The number of ether oxygens (including phenoxy) is 3. The van der Waals surface area contributed by atoms with Gasteiger partial charge in [0.15, 0.2) is 11.5 Å². The molecule has 8 nitrogen and oxygen atoms in total. The van der Waals surface area contributed by atoms with Crippen LogP contribution in [0.2, 0.25) is 0 Å². The highest BCUT2D eigenvalue weighted by molar-refractivity contribution is 5.80. The predicted octanol–water partition coefficient (Wildman–Crippen LogP) is 3.34. The van der Waals surface area contributed by atoms with Crippen molar-refractivity contribution in [1.29, 1.82) is 0 Å². The molecule has 2 heterocycles. The van der Waals surface area contributed by atoms with Gasteiger partial charge in [-0.25, -0.2) is 0 Å². The Morgan fingerprint density at radius 2 is 1.86 bits per heavy atom. The minimum absolute atomic E-state index is 0.0724. The molecule has 35 heavy (non-hydrogen) atoms. The lowest BCUT2D eigenvalue weighted by Gasteiger charge is -2.28. The minimum atomic E-state index is -0.509. The number of benzene rings is 1. The molecule has 3 unspecified atom stereocenters. The van der Waals surface area contributed by atoms with E-state index in [0.717, 1.165) is 44.3 Å². The van der Waals surface area contributed by atoms with E-state index in [1.165, 1.54) is 0 Å². The Bertz CT molecular complexity index is 865. The number of esters is 1. The van der Waals surface area contributed by atoms with Crippen molar-refractivity contribution in [2.24, 2.45) is 5.92 Å². The quantitative estimate of drug-likeness (QED) is 0.337. The molecule has 1 saturated heterocycles. The van der Waals surface area contributed by atoms with Gasteiger partial charge in [0.2, 0.25) is 12.7 Å². The molecule has 8 heteroatoms. The Labute approximate surface area is 208 Å². The summed E-state index contributed by atoms with van der Waals surface area (Å²) in [6, 6.07) is 5.38. The highest BCUT2D eigenvalue weighted by Crippen LogP contribution is 2.42. The van der Waals surface area contributed by atoms with Crippen LogP contribution in [0, 0.1) is 5.92 Å². The van der Waals surface area contributed by atoms with Crippen LogP contribution in [0.1, 0.15) is 57.9 Å². The van der Waals surface area contributed by atoms with Crippen LogP contribution >= 0.6 is 0 Å². The molecule has 3 rings (SSSR count). The number of carbonyl (C=O) groups excluding carboxylic acids is 2. The van der Waals surface area contributed by atoms with Gasteiger partial charge in [-0.2, -0.15) is 0 Å². The Morgan fingerprint density at radius 3 is 2.51 bits per heavy atom. The molecule has 2 aliphatic rings. The largest absolute Gasteiger partial charge is 0.466 e. The summed E-state index contributed by atoms with van der Waals surface area (Å²) in [7, 11) is 0. The summed E-state index contributed by atoms with van der Waals surface area (Å²) in [4.78, 5) is 30.6.